The maximum Gasteiger partial charge on any atom is 0.305 e. The van der Waals surface area contributed by atoms with Crippen molar-refractivity contribution in [3.05, 3.63) is 18.2 Å². The van der Waals surface area contributed by atoms with Gasteiger partial charge in [-0.05, 0) is 6.92 Å². The highest BCUT2D eigenvalue weighted by Crippen LogP contribution is 2.17. The van der Waals surface area contributed by atoms with E-state index < -0.39 is 16.0 Å². The number of aliphatic carboxylic acids is 1. The summed E-state index contributed by atoms with van der Waals surface area (Å²) in [6.07, 6.45) is 2.28. The lowest BCUT2D eigenvalue weighted by Gasteiger charge is -2.01. The number of aromatic nitrogens is 4. The lowest BCUT2D eigenvalue weighted by atomic mass is 10.4. The van der Waals surface area contributed by atoms with Crippen molar-refractivity contribution >= 4 is 32.7 Å². The van der Waals surface area contributed by atoms with Crippen LogP contribution >= 0.6 is 11.5 Å². The summed E-state index contributed by atoms with van der Waals surface area (Å²) in [5.74, 6) is -0.503. The summed E-state index contributed by atoms with van der Waals surface area (Å²) in [7, 11) is -3.79. The van der Waals surface area contributed by atoms with Gasteiger partial charge in [0, 0.05) is 17.7 Å². The zero-order chi connectivity index (χ0) is 14.8. The van der Waals surface area contributed by atoms with Crippen molar-refractivity contribution in [2.24, 2.45) is 0 Å². The zero-order valence-electron chi connectivity index (χ0n) is 10.3. The van der Waals surface area contributed by atoms with E-state index >= 15 is 0 Å². The fourth-order valence-corrected chi connectivity index (χ4v) is 3.08. The first-order valence-corrected chi connectivity index (χ1v) is 7.70. The van der Waals surface area contributed by atoms with E-state index in [0.29, 0.717) is 5.82 Å². The Balaban J connectivity index is 2.11. The van der Waals surface area contributed by atoms with Crippen LogP contribution in [0.5, 0.6) is 0 Å². The van der Waals surface area contributed by atoms with Gasteiger partial charge < -0.3 is 5.11 Å². The highest BCUT2D eigenvalue weighted by molar-refractivity contribution is 7.92. The molecule has 9 nitrogen and oxygen atoms in total. The Labute approximate surface area is 118 Å². The zero-order valence-corrected chi connectivity index (χ0v) is 12.0. The van der Waals surface area contributed by atoms with Gasteiger partial charge in [0.05, 0.1) is 19.2 Å². The van der Waals surface area contributed by atoms with Crippen LogP contribution in [0.2, 0.25) is 0 Å². The smallest absolute Gasteiger partial charge is 0.305 e. The van der Waals surface area contributed by atoms with E-state index in [1.165, 1.54) is 10.9 Å². The van der Waals surface area contributed by atoms with Gasteiger partial charge in [-0.1, -0.05) is 0 Å². The van der Waals surface area contributed by atoms with Gasteiger partial charge in [-0.3, -0.25) is 14.2 Å². The number of sulfonamides is 1. The molecule has 0 amide bonds. The van der Waals surface area contributed by atoms with Crippen LogP contribution in [-0.2, 0) is 21.4 Å². The number of hydrogen-bond donors (Lipinski definition) is 2. The standard InChI is InChI=1S/C9H11N5O4S2/c1-6-11-9(19-12-6)13-20(17,18)7-4-10-14(5-7)3-2-8(15)16/h4-5H,2-3H2,1H3,(H,15,16)(H,11,12,13). The molecule has 2 aromatic rings. The third kappa shape index (κ3) is 3.51. The first-order valence-electron chi connectivity index (χ1n) is 5.44. The average Bonchev–Trinajstić information content (AvgIpc) is 2.95. The van der Waals surface area contributed by atoms with Crippen molar-refractivity contribution in [3.63, 3.8) is 0 Å². The molecule has 0 unspecified atom stereocenters. The molecule has 11 heteroatoms. The molecule has 2 heterocycles. The second-order valence-corrected chi connectivity index (χ2v) is 6.27. The molecule has 0 bridgehead atoms. The normalized spacial score (nSPS) is 11.4. The second-order valence-electron chi connectivity index (χ2n) is 3.84. The first-order chi connectivity index (χ1) is 9.37. The predicted molar refractivity (Wildman–Crippen MR) is 69.9 cm³/mol. The van der Waals surface area contributed by atoms with Crippen molar-refractivity contribution in [2.75, 3.05) is 4.72 Å². The molecule has 2 aromatic heterocycles. The van der Waals surface area contributed by atoms with Gasteiger partial charge in [0.1, 0.15) is 10.7 Å². The number of rotatable bonds is 6. The van der Waals surface area contributed by atoms with Crippen LogP contribution in [0, 0.1) is 6.92 Å². The molecule has 0 fully saturated rings. The molecule has 2 rings (SSSR count). The molecule has 0 saturated heterocycles. The minimum Gasteiger partial charge on any atom is -0.481 e. The summed E-state index contributed by atoms with van der Waals surface area (Å²) in [6, 6.07) is 0. The molecular formula is C9H11N5O4S2. The number of anilines is 1. The summed E-state index contributed by atoms with van der Waals surface area (Å²) in [6.45, 7) is 1.75. The molecular weight excluding hydrogens is 306 g/mol. The Morgan fingerprint density at radius 2 is 2.30 bits per heavy atom. The minimum absolute atomic E-state index is 0.0595. The Bertz CT molecular complexity index is 720. The van der Waals surface area contributed by atoms with Gasteiger partial charge in [-0.15, -0.1) is 0 Å². The van der Waals surface area contributed by atoms with Crippen molar-refractivity contribution < 1.29 is 18.3 Å². The third-order valence-corrected chi connectivity index (χ3v) is 4.37. The van der Waals surface area contributed by atoms with Crippen LogP contribution in [0.25, 0.3) is 0 Å². The molecule has 0 aromatic carbocycles. The topological polar surface area (TPSA) is 127 Å². The van der Waals surface area contributed by atoms with Crippen LogP contribution < -0.4 is 4.72 Å². The van der Waals surface area contributed by atoms with Gasteiger partial charge in [0.2, 0.25) is 5.13 Å². The van der Waals surface area contributed by atoms with Crippen molar-refractivity contribution in [3.8, 4) is 0 Å². The van der Waals surface area contributed by atoms with Crippen LogP contribution in [0.1, 0.15) is 12.2 Å². The van der Waals surface area contributed by atoms with Crippen LogP contribution in [0.15, 0.2) is 17.3 Å². The number of nitrogens with zero attached hydrogens (tertiary/aromatic N) is 4. The van der Waals surface area contributed by atoms with E-state index in [1.54, 1.807) is 6.92 Å². The van der Waals surface area contributed by atoms with Gasteiger partial charge in [-0.2, -0.15) is 9.47 Å². The second kappa shape index (κ2) is 5.54. The van der Waals surface area contributed by atoms with E-state index in [0.717, 1.165) is 17.7 Å². The molecule has 0 aliphatic rings. The molecule has 0 atom stereocenters. The number of aryl methyl sites for hydroxylation is 2. The molecule has 2 N–H and O–H groups in total. The highest BCUT2D eigenvalue weighted by atomic mass is 32.2. The number of nitrogens with one attached hydrogen (secondary N) is 1. The van der Waals surface area contributed by atoms with Gasteiger partial charge >= 0.3 is 5.97 Å². The molecule has 108 valence electrons. The number of carboxylic acid groups (broad SMARTS) is 1. The predicted octanol–water partition coefficient (Wildman–Crippen LogP) is 0.319. The fraction of sp³-hybridized carbons (Fsp3) is 0.333. The molecule has 0 spiro atoms. The summed E-state index contributed by atoms with van der Waals surface area (Å²) in [4.78, 5) is 14.3. The number of carbonyl (C=O) groups is 1. The van der Waals surface area contributed by atoms with Crippen LogP contribution in [0.4, 0.5) is 5.13 Å². The van der Waals surface area contributed by atoms with Gasteiger partial charge in [0.15, 0.2) is 0 Å². The quantitative estimate of drug-likeness (QED) is 0.785. The fourth-order valence-electron chi connectivity index (χ4n) is 1.33. The Hall–Kier alpha value is -2.01. The van der Waals surface area contributed by atoms with Crippen molar-refractivity contribution in [1.29, 1.82) is 0 Å². The van der Waals surface area contributed by atoms with Gasteiger partial charge in [-0.25, -0.2) is 13.4 Å². The monoisotopic (exact) mass is 317 g/mol. The summed E-state index contributed by atoms with van der Waals surface area (Å²) in [5, 5.41) is 12.5. The maximum absolute atomic E-state index is 12.0. The molecule has 0 aliphatic carbocycles. The van der Waals surface area contributed by atoms with Gasteiger partial charge in [0.25, 0.3) is 10.0 Å². The molecule has 0 saturated carbocycles. The van der Waals surface area contributed by atoms with E-state index in [9.17, 15) is 13.2 Å². The first kappa shape index (κ1) is 14.4. The van der Waals surface area contributed by atoms with E-state index in [2.05, 4.69) is 19.2 Å². The highest BCUT2D eigenvalue weighted by Gasteiger charge is 2.18. The average molecular weight is 317 g/mol. The minimum atomic E-state index is -3.79. The SMILES string of the molecule is Cc1nsc(NS(=O)(=O)c2cnn(CCC(=O)O)c2)n1. The van der Waals surface area contributed by atoms with Crippen molar-refractivity contribution in [2.45, 2.75) is 24.8 Å². The van der Waals surface area contributed by atoms with E-state index in [1.807, 2.05) is 0 Å². The Kier molecular flexibility index (Phi) is 3.99. The van der Waals surface area contributed by atoms with E-state index in [4.69, 9.17) is 5.11 Å². The number of carboxylic acids is 1. The summed E-state index contributed by atoms with van der Waals surface area (Å²) >= 11 is 0.936. The summed E-state index contributed by atoms with van der Waals surface area (Å²) in [5.41, 5.74) is 0. The van der Waals surface area contributed by atoms with Crippen LogP contribution in [0.3, 0.4) is 0 Å². The largest absolute Gasteiger partial charge is 0.481 e. The molecule has 20 heavy (non-hydrogen) atoms. The molecule has 0 radical (unpaired) electrons. The van der Waals surface area contributed by atoms with Crippen molar-refractivity contribution in [1.82, 2.24) is 19.1 Å². The number of hydrogen-bond acceptors (Lipinski definition) is 7. The lowest BCUT2D eigenvalue weighted by Crippen LogP contribution is -2.12. The maximum atomic E-state index is 12.0. The van der Waals surface area contributed by atoms with E-state index in [-0.39, 0.29) is 23.0 Å². The Morgan fingerprint density at radius 1 is 1.55 bits per heavy atom. The molecule has 0 aliphatic heterocycles. The third-order valence-electron chi connectivity index (χ3n) is 2.22. The Morgan fingerprint density at radius 3 is 2.90 bits per heavy atom. The lowest BCUT2D eigenvalue weighted by molar-refractivity contribution is -0.137. The summed E-state index contributed by atoms with van der Waals surface area (Å²) < 4.78 is 31.4. The van der Waals surface area contributed by atoms with Crippen LogP contribution in [-0.4, -0.2) is 38.6 Å².